The van der Waals surface area contributed by atoms with Gasteiger partial charge in [0.1, 0.15) is 17.4 Å². The van der Waals surface area contributed by atoms with E-state index in [1.54, 1.807) is 12.1 Å². The van der Waals surface area contributed by atoms with Crippen LogP contribution in [-0.4, -0.2) is 9.97 Å². The van der Waals surface area contributed by atoms with Gasteiger partial charge in [-0.05, 0) is 29.8 Å². The Labute approximate surface area is 148 Å². The van der Waals surface area contributed by atoms with Crippen molar-refractivity contribution in [3.05, 3.63) is 76.7 Å². The van der Waals surface area contributed by atoms with Crippen LogP contribution in [0.25, 0.3) is 11.3 Å². The monoisotopic (exact) mass is 355 g/mol. The van der Waals surface area contributed by atoms with Gasteiger partial charge in [0.05, 0.1) is 5.69 Å². The van der Waals surface area contributed by atoms with Crippen LogP contribution in [0.3, 0.4) is 0 Å². The SMILES string of the molecule is N#Cc1c(Cl)nc(SCc2ccccc2)nc1-c1ccc(F)cc1. The van der Waals surface area contributed by atoms with E-state index in [4.69, 9.17) is 11.6 Å². The van der Waals surface area contributed by atoms with Crippen molar-refractivity contribution in [1.29, 1.82) is 5.26 Å². The third-order valence-corrected chi connectivity index (χ3v) is 4.48. The van der Waals surface area contributed by atoms with Crippen LogP contribution in [0.4, 0.5) is 4.39 Å². The molecule has 3 rings (SSSR count). The Morgan fingerprint density at radius 3 is 2.42 bits per heavy atom. The third-order valence-electron chi connectivity index (χ3n) is 3.28. The van der Waals surface area contributed by atoms with Crippen molar-refractivity contribution >= 4 is 23.4 Å². The van der Waals surface area contributed by atoms with Gasteiger partial charge in [-0.25, -0.2) is 14.4 Å². The Kier molecular flexibility index (Phi) is 5.09. The molecule has 0 aliphatic rings. The van der Waals surface area contributed by atoms with Gasteiger partial charge >= 0.3 is 0 Å². The highest BCUT2D eigenvalue weighted by atomic mass is 35.5. The van der Waals surface area contributed by atoms with E-state index in [1.165, 1.54) is 23.9 Å². The predicted octanol–water partition coefficient (Wildman–Crippen LogP) is 5.10. The van der Waals surface area contributed by atoms with Gasteiger partial charge in [-0.15, -0.1) is 0 Å². The molecule has 0 radical (unpaired) electrons. The van der Waals surface area contributed by atoms with Gasteiger partial charge in [0, 0.05) is 11.3 Å². The van der Waals surface area contributed by atoms with Gasteiger partial charge in [0.25, 0.3) is 0 Å². The summed E-state index contributed by atoms with van der Waals surface area (Å²) in [6, 6.07) is 17.7. The first-order valence-electron chi connectivity index (χ1n) is 7.07. The second kappa shape index (κ2) is 7.43. The summed E-state index contributed by atoms with van der Waals surface area (Å²) < 4.78 is 13.1. The molecule has 6 heteroatoms. The number of nitrogens with zero attached hydrogens (tertiary/aromatic N) is 3. The number of nitriles is 1. The maximum atomic E-state index is 13.1. The Hall–Kier alpha value is -2.42. The topological polar surface area (TPSA) is 49.6 Å². The summed E-state index contributed by atoms with van der Waals surface area (Å²) in [7, 11) is 0. The second-order valence-electron chi connectivity index (χ2n) is 4.91. The fraction of sp³-hybridized carbons (Fsp3) is 0.0556. The van der Waals surface area contributed by atoms with Crippen molar-refractivity contribution in [1.82, 2.24) is 9.97 Å². The van der Waals surface area contributed by atoms with Crippen LogP contribution >= 0.6 is 23.4 Å². The van der Waals surface area contributed by atoms with Crippen molar-refractivity contribution in [3.8, 4) is 17.3 Å². The number of rotatable bonds is 4. The van der Waals surface area contributed by atoms with Gasteiger partial charge in [0.2, 0.25) is 0 Å². The number of halogens is 2. The van der Waals surface area contributed by atoms with Crippen LogP contribution in [0.2, 0.25) is 5.15 Å². The Morgan fingerprint density at radius 1 is 1.04 bits per heavy atom. The first kappa shape index (κ1) is 16.4. The van der Waals surface area contributed by atoms with E-state index in [0.29, 0.717) is 22.2 Å². The lowest BCUT2D eigenvalue weighted by Gasteiger charge is -2.08. The molecular formula is C18H11ClFN3S. The van der Waals surface area contributed by atoms with Crippen molar-refractivity contribution in [3.63, 3.8) is 0 Å². The lowest BCUT2D eigenvalue weighted by atomic mass is 10.1. The summed E-state index contributed by atoms with van der Waals surface area (Å²) in [4.78, 5) is 8.63. The summed E-state index contributed by atoms with van der Waals surface area (Å²) in [5.41, 5.74) is 2.36. The van der Waals surface area contributed by atoms with Crippen LogP contribution in [0.1, 0.15) is 11.1 Å². The van der Waals surface area contributed by atoms with E-state index in [0.717, 1.165) is 5.56 Å². The first-order chi connectivity index (χ1) is 11.7. The number of hydrogen-bond acceptors (Lipinski definition) is 4. The molecule has 1 aromatic heterocycles. The Balaban J connectivity index is 1.94. The molecule has 0 saturated carbocycles. The van der Waals surface area contributed by atoms with Gasteiger partial charge in [-0.1, -0.05) is 53.7 Å². The van der Waals surface area contributed by atoms with E-state index < -0.39 is 0 Å². The van der Waals surface area contributed by atoms with Crippen LogP contribution < -0.4 is 0 Å². The zero-order valence-electron chi connectivity index (χ0n) is 12.4. The molecule has 0 spiro atoms. The van der Waals surface area contributed by atoms with Gasteiger partial charge in [0.15, 0.2) is 10.3 Å². The molecule has 118 valence electrons. The van der Waals surface area contributed by atoms with E-state index in [1.807, 2.05) is 36.4 Å². The molecule has 0 fully saturated rings. The van der Waals surface area contributed by atoms with Crippen molar-refractivity contribution in [2.75, 3.05) is 0 Å². The molecule has 0 saturated heterocycles. The summed E-state index contributed by atoms with van der Waals surface area (Å²) in [5, 5.41) is 9.89. The molecule has 0 atom stereocenters. The van der Waals surface area contributed by atoms with E-state index >= 15 is 0 Å². The minimum absolute atomic E-state index is 0.0994. The van der Waals surface area contributed by atoms with Gasteiger partial charge in [-0.3, -0.25) is 0 Å². The van der Waals surface area contributed by atoms with E-state index in [-0.39, 0.29) is 16.5 Å². The van der Waals surface area contributed by atoms with Crippen molar-refractivity contribution < 1.29 is 4.39 Å². The summed E-state index contributed by atoms with van der Waals surface area (Å²) in [6.45, 7) is 0. The molecule has 0 unspecified atom stereocenters. The average Bonchev–Trinajstić information content (AvgIpc) is 2.61. The molecule has 0 N–H and O–H groups in total. The fourth-order valence-electron chi connectivity index (χ4n) is 2.12. The molecule has 1 heterocycles. The maximum Gasteiger partial charge on any atom is 0.189 e. The van der Waals surface area contributed by atoms with Crippen molar-refractivity contribution in [2.45, 2.75) is 10.9 Å². The normalized spacial score (nSPS) is 10.4. The van der Waals surface area contributed by atoms with Gasteiger partial charge < -0.3 is 0 Å². The van der Waals surface area contributed by atoms with Crippen LogP contribution in [-0.2, 0) is 5.75 Å². The molecule has 3 aromatic rings. The fourth-order valence-corrected chi connectivity index (χ4v) is 3.18. The number of aromatic nitrogens is 2. The zero-order valence-corrected chi connectivity index (χ0v) is 14.0. The van der Waals surface area contributed by atoms with Crippen LogP contribution in [0, 0.1) is 17.1 Å². The standard InChI is InChI=1S/C18H11ClFN3S/c19-17-15(10-21)16(13-6-8-14(20)9-7-13)22-18(23-17)24-11-12-4-2-1-3-5-12/h1-9H,11H2. The average molecular weight is 356 g/mol. The molecule has 0 aliphatic heterocycles. The minimum atomic E-state index is -0.351. The third kappa shape index (κ3) is 3.73. The summed E-state index contributed by atoms with van der Waals surface area (Å²) in [6.07, 6.45) is 0. The highest BCUT2D eigenvalue weighted by Gasteiger charge is 2.15. The smallest absolute Gasteiger partial charge is 0.189 e. The highest BCUT2D eigenvalue weighted by molar-refractivity contribution is 7.98. The number of thioether (sulfide) groups is 1. The second-order valence-corrected chi connectivity index (χ2v) is 6.21. The summed E-state index contributed by atoms with van der Waals surface area (Å²) >= 11 is 7.57. The summed E-state index contributed by atoms with van der Waals surface area (Å²) in [5.74, 6) is 0.336. The molecule has 3 nitrogen and oxygen atoms in total. The lowest BCUT2D eigenvalue weighted by Crippen LogP contribution is -1.97. The largest absolute Gasteiger partial charge is 0.221 e. The molecule has 0 bridgehead atoms. The first-order valence-corrected chi connectivity index (χ1v) is 8.44. The molecule has 2 aromatic carbocycles. The predicted molar refractivity (Wildman–Crippen MR) is 93.2 cm³/mol. The van der Waals surface area contributed by atoms with Gasteiger partial charge in [-0.2, -0.15) is 5.26 Å². The number of hydrogen-bond donors (Lipinski definition) is 0. The molecular weight excluding hydrogens is 345 g/mol. The quantitative estimate of drug-likeness (QED) is 0.371. The Bertz CT molecular complexity index is 893. The van der Waals surface area contributed by atoms with Crippen LogP contribution in [0.15, 0.2) is 59.8 Å². The lowest BCUT2D eigenvalue weighted by molar-refractivity contribution is 0.628. The Morgan fingerprint density at radius 2 is 1.75 bits per heavy atom. The zero-order chi connectivity index (χ0) is 16.9. The highest BCUT2D eigenvalue weighted by Crippen LogP contribution is 2.29. The molecule has 0 amide bonds. The van der Waals surface area contributed by atoms with Crippen molar-refractivity contribution in [2.24, 2.45) is 0 Å². The van der Waals surface area contributed by atoms with E-state index in [9.17, 15) is 9.65 Å². The van der Waals surface area contributed by atoms with E-state index in [2.05, 4.69) is 9.97 Å². The minimum Gasteiger partial charge on any atom is -0.221 e. The maximum absolute atomic E-state index is 13.1. The molecule has 24 heavy (non-hydrogen) atoms. The molecule has 0 aliphatic carbocycles. The van der Waals surface area contributed by atoms with Crippen LogP contribution in [0.5, 0.6) is 0 Å². The number of benzene rings is 2.